The van der Waals surface area contributed by atoms with Crippen molar-refractivity contribution in [3.63, 3.8) is 0 Å². The van der Waals surface area contributed by atoms with E-state index in [1.165, 1.54) is 5.56 Å². The second-order valence-electron chi connectivity index (χ2n) is 6.62. The number of nitrogens with zero attached hydrogens (tertiary/aromatic N) is 2. The minimum absolute atomic E-state index is 0.139. The highest BCUT2D eigenvalue weighted by molar-refractivity contribution is 9.10. The van der Waals surface area contributed by atoms with Crippen molar-refractivity contribution in [3.8, 4) is 0 Å². The predicted molar refractivity (Wildman–Crippen MR) is 111 cm³/mol. The van der Waals surface area contributed by atoms with Crippen LogP contribution in [0.1, 0.15) is 22.8 Å². The zero-order valence-electron chi connectivity index (χ0n) is 15.2. The summed E-state index contributed by atoms with van der Waals surface area (Å²) < 4.78 is 1.12. The lowest BCUT2D eigenvalue weighted by atomic mass is 10.1. The molecule has 1 heterocycles. The van der Waals surface area contributed by atoms with Crippen LogP contribution < -0.4 is 5.32 Å². The van der Waals surface area contributed by atoms with Gasteiger partial charge < -0.3 is 10.2 Å². The Morgan fingerprint density at radius 2 is 1.65 bits per heavy atom. The Hall–Kier alpha value is -1.85. The Bertz CT molecular complexity index is 707. The molecule has 26 heavy (non-hydrogen) atoms. The van der Waals surface area contributed by atoms with Gasteiger partial charge in [0.15, 0.2) is 0 Å². The summed E-state index contributed by atoms with van der Waals surface area (Å²) in [4.78, 5) is 17.1. The first kappa shape index (κ1) is 18.9. The molecule has 4 nitrogen and oxygen atoms in total. The molecule has 1 aliphatic heterocycles. The quantitative estimate of drug-likeness (QED) is 0.777. The number of rotatable bonds is 6. The molecule has 1 N–H and O–H groups in total. The summed E-state index contributed by atoms with van der Waals surface area (Å²) >= 11 is 3.47. The summed E-state index contributed by atoms with van der Waals surface area (Å²) in [6.45, 7) is 7.48. The number of halogens is 1. The molecular weight excluding hydrogens is 390 g/mol. The normalized spacial score (nSPS) is 15.1. The number of nitrogens with one attached hydrogen (secondary N) is 1. The van der Waals surface area contributed by atoms with Gasteiger partial charge in [-0.25, -0.2) is 0 Å². The van der Waals surface area contributed by atoms with Gasteiger partial charge in [-0.1, -0.05) is 28.1 Å². The minimum Gasteiger partial charge on any atom is -0.385 e. The summed E-state index contributed by atoms with van der Waals surface area (Å²) in [6, 6.07) is 16.3. The Morgan fingerprint density at radius 3 is 2.27 bits per heavy atom. The molecule has 0 saturated carbocycles. The molecule has 1 fully saturated rings. The number of carbonyl (C=O) groups is 1. The van der Waals surface area contributed by atoms with Crippen LogP contribution >= 0.6 is 15.9 Å². The molecule has 0 atom stereocenters. The first-order chi connectivity index (χ1) is 12.7. The summed E-state index contributed by atoms with van der Waals surface area (Å²) in [5, 5.41) is 3.26. The highest BCUT2D eigenvalue weighted by Crippen LogP contribution is 2.14. The van der Waals surface area contributed by atoms with E-state index in [0.717, 1.165) is 61.4 Å². The number of carbonyl (C=O) groups excluding carboxylic acids is 1. The fourth-order valence-electron chi connectivity index (χ4n) is 3.23. The van der Waals surface area contributed by atoms with Gasteiger partial charge in [-0.3, -0.25) is 9.69 Å². The Balaban J connectivity index is 1.46. The molecule has 2 aromatic carbocycles. The largest absolute Gasteiger partial charge is 0.385 e. The van der Waals surface area contributed by atoms with E-state index in [0.29, 0.717) is 0 Å². The summed E-state index contributed by atoms with van der Waals surface area (Å²) in [6.07, 6.45) is 1.05. The first-order valence-electron chi connectivity index (χ1n) is 9.25. The van der Waals surface area contributed by atoms with Crippen molar-refractivity contribution < 1.29 is 4.79 Å². The Morgan fingerprint density at radius 1 is 1.00 bits per heavy atom. The maximum atomic E-state index is 12.7. The first-order valence-corrected chi connectivity index (χ1v) is 10.0. The number of hydrogen-bond donors (Lipinski definition) is 1. The Labute approximate surface area is 164 Å². The molecule has 0 aliphatic carbocycles. The van der Waals surface area contributed by atoms with Gasteiger partial charge in [-0.2, -0.15) is 0 Å². The smallest absolute Gasteiger partial charge is 0.253 e. The van der Waals surface area contributed by atoms with Crippen LogP contribution in [-0.4, -0.2) is 55.0 Å². The third-order valence-corrected chi connectivity index (χ3v) is 5.33. The van der Waals surface area contributed by atoms with Crippen molar-refractivity contribution in [1.29, 1.82) is 0 Å². The molecule has 0 bridgehead atoms. The highest BCUT2D eigenvalue weighted by Gasteiger charge is 2.21. The maximum absolute atomic E-state index is 12.7. The topological polar surface area (TPSA) is 35.6 Å². The SMILES string of the molecule is CCNc1ccc(C(=O)N2CCN(CCc3ccc(Br)cc3)CC2)cc1. The van der Waals surface area contributed by atoms with Gasteiger partial charge in [-0.05, 0) is 55.3 Å². The number of anilines is 1. The number of hydrogen-bond acceptors (Lipinski definition) is 3. The molecule has 0 unspecified atom stereocenters. The van der Waals surface area contributed by atoms with E-state index in [4.69, 9.17) is 0 Å². The van der Waals surface area contributed by atoms with Gasteiger partial charge in [0.05, 0.1) is 0 Å². The van der Waals surface area contributed by atoms with Crippen molar-refractivity contribution in [2.75, 3.05) is 44.6 Å². The standard InChI is InChI=1S/C21H26BrN3O/c1-2-23-20-9-5-18(6-10-20)21(26)25-15-13-24(14-16-25)12-11-17-3-7-19(22)8-4-17/h3-10,23H,2,11-16H2,1H3. The van der Waals surface area contributed by atoms with Crippen LogP contribution in [0.25, 0.3) is 0 Å². The molecule has 3 rings (SSSR count). The number of piperazine rings is 1. The second-order valence-corrected chi connectivity index (χ2v) is 7.53. The van der Waals surface area contributed by atoms with Crippen molar-refractivity contribution >= 4 is 27.5 Å². The van der Waals surface area contributed by atoms with Gasteiger partial charge in [0.1, 0.15) is 0 Å². The third kappa shape index (κ3) is 5.08. The summed E-state index contributed by atoms with van der Waals surface area (Å²) in [7, 11) is 0. The van der Waals surface area contributed by atoms with Crippen LogP contribution in [0.4, 0.5) is 5.69 Å². The molecule has 0 radical (unpaired) electrons. The van der Waals surface area contributed by atoms with E-state index in [-0.39, 0.29) is 5.91 Å². The third-order valence-electron chi connectivity index (χ3n) is 4.80. The van der Waals surface area contributed by atoms with E-state index < -0.39 is 0 Å². The van der Waals surface area contributed by atoms with Crippen LogP contribution in [0, 0.1) is 0 Å². The summed E-state index contributed by atoms with van der Waals surface area (Å²) in [5.41, 5.74) is 3.18. The van der Waals surface area contributed by atoms with Crippen molar-refractivity contribution in [2.24, 2.45) is 0 Å². The lowest BCUT2D eigenvalue weighted by molar-refractivity contribution is 0.0638. The fraction of sp³-hybridized carbons (Fsp3) is 0.381. The van der Waals surface area contributed by atoms with Gasteiger partial charge in [0.25, 0.3) is 5.91 Å². The molecule has 1 aliphatic rings. The van der Waals surface area contributed by atoms with Crippen LogP contribution in [0.5, 0.6) is 0 Å². The van der Waals surface area contributed by atoms with Crippen molar-refractivity contribution in [3.05, 3.63) is 64.1 Å². The highest BCUT2D eigenvalue weighted by atomic mass is 79.9. The average Bonchev–Trinajstić information content (AvgIpc) is 2.68. The predicted octanol–water partition coefficient (Wildman–Crippen LogP) is 3.88. The lowest BCUT2D eigenvalue weighted by Crippen LogP contribution is -2.49. The van der Waals surface area contributed by atoms with Crippen LogP contribution in [-0.2, 0) is 6.42 Å². The van der Waals surface area contributed by atoms with Crippen LogP contribution in [0.3, 0.4) is 0 Å². The average molecular weight is 416 g/mol. The lowest BCUT2D eigenvalue weighted by Gasteiger charge is -2.34. The van der Waals surface area contributed by atoms with E-state index >= 15 is 0 Å². The maximum Gasteiger partial charge on any atom is 0.253 e. The fourth-order valence-corrected chi connectivity index (χ4v) is 3.49. The number of amides is 1. The van der Waals surface area contributed by atoms with E-state index in [1.807, 2.05) is 29.2 Å². The van der Waals surface area contributed by atoms with Gasteiger partial charge in [0, 0.05) is 55.0 Å². The molecular formula is C21H26BrN3O. The second kappa shape index (κ2) is 9.19. The van der Waals surface area contributed by atoms with Gasteiger partial charge >= 0.3 is 0 Å². The van der Waals surface area contributed by atoms with Crippen molar-refractivity contribution in [2.45, 2.75) is 13.3 Å². The molecule has 1 saturated heterocycles. The van der Waals surface area contributed by atoms with E-state index in [2.05, 4.69) is 57.3 Å². The van der Waals surface area contributed by atoms with Crippen LogP contribution in [0.15, 0.2) is 53.0 Å². The molecule has 2 aromatic rings. The molecule has 138 valence electrons. The zero-order chi connectivity index (χ0) is 18.4. The number of benzene rings is 2. The molecule has 0 spiro atoms. The Kier molecular flexibility index (Phi) is 6.69. The monoisotopic (exact) mass is 415 g/mol. The summed E-state index contributed by atoms with van der Waals surface area (Å²) in [5.74, 6) is 0.139. The van der Waals surface area contributed by atoms with E-state index in [9.17, 15) is 4.79 Å². The van der Waals surface area contributed by atoms with Gasteiger partial charge in [-0.15, -0.1) is 0 Å². The minimum atomic E-state index is 0.139. The van der Waals surface area contributed by atoms with E-state index in [1.54, 1.807) is 0 Å². The van der Waals surface area contributed by atoms with Crippen LogP contribution in [0.2, 0.25) is 0 Å². The molecule has 1 amide bonds. The molecule has 0 aromatic heterocycles. The van der Waals surface area contributed by atoms with Gasteiger partial charge in [0.2, 0.25) is 0 Å². The molecule has 5 heteroatoms. The zero-order valence-corrected chi connectivity index (χ0v) is 16.8. The van der Waals surface area contributed by atoms with Crippen molar-refractivity contribution in [1.82, 2.24) is 9.80 Å².